The highest BCUT2D eigenvalue weighted by Crippen LogP contribution is 2.23. The van der Waals surface area contributed by atoms with Crippen molar-refractivity contribution in [1.82, 2.24) is 0 Å². The zero-order valence-corrected chi connectivity index (χ0v) is 11.1. The maximum absolute atomic E-state index is 9.83. The molecule has 0 aliphatic carbocycles. The SMILES string of the molecule is Cc1cc(C)cc(C=Cc2c(C)cccc2O)c1. The number of phenols is 1. The predicted molar refractivity (Wildman–Crippen MR) is 77.7 cm³/mol. The molecule has 0 saturated carbocycles. The lowest BCUT2D eigenvalue weighted by atomic mass is 10.0. The van der Waals surface area contributed by atoms with Crippen LogP contribution < -0.4 is 0 Å². The van der Waals surface area contributed by atoms with Gasteiger partial charge in [0.2, 0.25) is 0 Å². The van der Waals surface area contributed by atoms with E-state index in [0.29, 0.717) is 5.75 Å². The molecular formula is C17H18O. The number of rotatable bonds is 2. The fourth-order valence-electron chi connectivity index (χ4n) is 2.17. The van der Waals surface area contributed by atoms with Crippen LogP contribution in [-0.4, -0.2) is 5.11 Å². The molecule has 1 nitrogen and oxygen atoms in total. The molecule has 0 saturated heterocycles. The van der Waals surface area contributed by atoms with Crippen LogP contribution in [0, 0.1) is 20.8 Å². The van der Waals surface area contributed by atoms with Crippen molar-refractivity contribution < 1.29 is 5.11 Å². The normalized spacial score (nSPS) is 11.1. The van der Waals surface area contributed by atoms with Crippen molar-refractivity contribution in [1.29, 1.82) is 0 Å². The second kappa shape index (κ2) is 5.09. The number of aryl methyl sites for hydroxylation is 3. The van der Waals surface area contributed by atoms with Crippen molar-refractivity contribution in [3.05, 3.63) is 64.2 Å². The van der Waals surface area contributed by atoms with E-state index in [9.17, 15) is 5.11 Å². The highest BCUT2D eigenvalue weighted by Gasteiger charge is 2.00. The van der Waals surface area contributed by atoms with Gasteiger partial charge in [0.15, 0.2) is 0 Å². The molecule has 1 N–H and O–H groups in total. The van der Waals surface area contributed by atoms with E-state index < -0.39 is 0 Å². The first-order valence-corrected chi connectivity index (χ1v) is 6.11. The molecule has 0 aliphatic rings. The highest BCUT2D eigenvalue weighted by atomic mass is 16.3. The molecule has 0 aromatic heterocycles. The standard InChI is InChI=1S/C17H18O/c1-12-9-13(2)11-15(10-12)7-8-16-14(3)5-4-6-17(16)18/h4-11,18H,1-3H3. The van der Waals surface area contributed by atoms with Crippen LogP contribution in [0.15, 0.2) is 36.4 Å². The van der Waals surface area contributed by atoms with Gasteiger partial charge in [-0.3, -0.25) is 0 Å². The molecule has 92 valence electrons. The highest BCUT2D eigenvalue weighted by molar-refractivity contribution is 5.74. The van der Waals surface area contributed by atoms with Crippen LogP contribution in [0.25, 0.3) is 12.2 Å². The van der Waals surface area contributed by atoms with Gasteiger partial charge in [0, 0.05) is 5.56 Å². The quantitative estimate of drug-likeness (QED) is 0.764. The molecular weight excluding hydrogens is 220 g/mol. The maximum atomic E-state index is 9.83. The van der Waals surface area contributed by atoms with Crippen LogP contribution >= 0.6 is 0 Å². The van der Waals surface area contributed by atoms with E-state index in [1.165, 1.54) is 11.1 Å². The lowest BCUT2D eigenvalue weighted by molar-refractivity contribution is 0.473. The van der Waals surface area contributed by atoms with Crippen LogP contribution in [-0.2, 0) is 0 Å². The van der Waals surface area contributed by atoms with Gasteiger partial charge in [-0.05, 0) is 38.0 Å². The Morgan fingerprint density at radius 2 is 1.56 bits per heavy atom. The van der Waals surface area contributed by atoms with Crippen molar-refractivity contribution in [2.45, 2.75) is 20.8 Å². The van der Waals surface area contributed by atoms with Crippen LogP contribution in [0.3, 0.4) is 0 Å². The van der Waals surface area contributed by atoms with Crippen LogP contribution in [0.5, 0.6) is 5.75 Å². The Morgan fingerprint density at radius 3 is 2.17 bits per heavy atom. The molecule has 1 heteroatoms. The van der Waals surface area contributed by atoms with Gasteiger partial charge in [-0.2, -0.15) is 0 Å². The zero-order valence-electron chi connectivity index (χ0n) is 11.1. The number of hydrogen-bond acceptors (Lipinski definition) is 1. The van der Waals surface area contributed by atoms with Crippen molar-refractivity contribution in [2.24, 2.45) is 0 Å². The summed E-state index contributed by atoms with van der Waals surface area (Å²) in [5.74, 6) is 0.329. The second-order valence-electron chi connectivity index (χ2n) is 4.76. The average Bonchev–Trinajstić information content (AvgIpc) is 2.27. The minimum absolute atomic E-state index is 0.329. The minimum atomic E-state index is 0.329. The van der Waals surface area contributed by atoms with Gasteiger partial charge in [0.25, 0.3) is 0 Å². The summed E-state index contributed by atoms with van der Waals surface area (Å²) in [6, 6.07) is 12.0. The summed E-state index contributed by atoms with van der Waals surface area (Å²) in [5.41, 5.74) is 5.63. The van der Waals surface area contributed by atoms with Gasteiger partial charge in [-0.25, -0.2) is 0 Å². The van der Waals surface area contributed by atoms with Crippen LogP contribution in [0.4, 0.5) is 0 Å². The Balaban J connectivity index is 2.36. The zero-order chi connectivity index (χ0) is 13.1. The van der Waals surface area contributed by atoms with Crippen molar-refractivity contribution in [3.8, 4) is 5.75 Å². The predicted octanol–water partition coefficient (Wildman–Crippen LogP) is 4.49. The summed E-state index contributed by atoms with van der Waals surface area (Å²) in [4.78, 5) is 0. The van der Waals surface area contributed by atoms with E-state index in [1.54, 1.807) is 6.07 Å². The number of phenolic OH excluding ortho intramolecular Hbond substituents is 1. The smallest absolute Gasteiger partial charge is 0.123 e. The molecule has 2 aromatic rings. The van der Waals surface area contributed by atoms with E-state index in [-0.39, 0.29) is 0 Å². The van der Waals surface area contributed by atoms with E-state index in [0.717, 1.165) is 16.7 Å². The van der Waals surface area contributed by atoms with Gasteiger partial charge < -0.3 is 5.11 Å². The third kappa shape index (κ3) is 2.80. The summed E-state index contributed by atoms with van der Waals surface area (Å²) >= 11 is 0. The second-order valence-corrected chi connectivity index (χ2v) is 4.76. The van der Waals surface area contributed by atoms with Gasteiger partial charge in [0.1, 0.15) is 5.75 Å². The average molecular weight is 238 g/mol. The summed E-state index contributed by atoms with van der Waals surface area (Å²) in [6.45, 7) is 6.19. The molecule has 0 heterocycles. The third-order valence-electron chi connectivity index (χ3n) is 2.99. The Bertz CT molecular complexity index is 554. The van der Waals surface area contributed by atoms with Gasteiger partial charge >= 0.3 is 0 Å². The van der Waals surface area contributed by atoms with E-state index >= 15 is 0 Å². The van der Waals surface area contributed by atoms with Gasteiger partial charge in [0.05, 0.1) is 0 Å². The summed E-state index contributed by atoms with van der Waals surface area (Å²) in [6.07, 6.45) is 4.01. The topological polar surface area (TPSA) is 20.2 Å². The molecule has 0 unspecified atom stereocenters. The van der Waals surface area contributed by atoms with Crippen molar-refractivity contribution in [2.75, 3.05) is 0 Å². The summed E-state index contributed by atoms with van der Waals surface area (Å²) in [5, 5.41) is 9.83. The fraction of sp³-hybridized carbons (Fsp3) is 0.176. The molecule has 0 radical (unpaired) electrons. The molecule has 0 fully saturated rings. The van der Waals surface area contributed by atoms with Crippen molar-refractivity contribution >= 4 is 12.2 Å². The first-order valence-electron chi connectivity index (χ1n) is 6.11. The molecule has 2 rings (SSSR count). The molecule has 0 amide bonds. The van der Waals surface area contributed by atoms with Crippen LogP contribution in [0.1, 0.15) is 27.8 Å². The molecule has 0 aliphatic heterocycles. The number of aromatic hydroxyl groups is 1. The molecule has 0 bridgehead atoms. The molecule has 0 spiro atoms. The largest absolute Gasteiger partial charge is 0.507 e. The van der Waals surface area contributed by atoms with Crippen LogP contribution in [0.2, 0.25) is 0 Å². The molecule has 2 aromatic carbocycles. The summed E-state index contributed by atoms with van der Waals surface area (Å²) < 4.78 is 0. The third-order valence-corrected chi connectivity index (χ3v) is 2.99. The fourth-order valence-corrected chi connectivity index (χ4v) is 2.17. The number of benzene rings is 2. The Morgan fingerprint density at radius 1 is 0.889 bits per heavy atom. The first-order chi connectivity index (χ1) is 8.56. The van der Waals surface area contributed by atoms with E-state index in [4.69, 9.17) is 0 Å². The van der Waals surface area contributed by atoms with Crippen molar-refractivity contribution in [3.63, 3.8) is 0 Å². The van der Waals surface area contributed by atoms with E-state index in [2.05, 4.69) is 32.0 Å². The first kappa shape index (κ1) is 12.4. The lowest BCUT2D eigenvalue weighted by Gasteiger charge is -2.04. The van der Waals surface area contributed by atoms with Gasteiger partial charge in [-0.1, -0.05) is 53.6 Å². The lowest BCUT2D eigenvalue weighted by Crippen LogP contribution is -1.82. The Labute approximate surface area is 108 Å². The number of hydrogen-bond donors (Lipinski definition) is 1. The Hall–Kier alpha value is -2.02. The minimum Gasteiger partial charge on any atom is -0.507 e. The van der Waals surface area contributed by atoms with E-state index in [1.807, 2.05) is 31.2 Å². The molecule has 0 atom stereocenters. The molecule has 18 heavy (non-hydrogen) atoms. The maximum Gasteiger partial charge on any atom is 0.123 e. The van der Waals surface area contributed by atoms with Gasteiger partial charge in [-0.15, -0.1) is 0 Å². The Kier molecular flexibility index (Phi) is 3.52. The monoisotopic (exact) mass is 238 g/mol. The summed E-state index contributed by atoms with van der Waals surface area (Å²) in [7, 11) is 0.